The summed E-state index contributed by atoms with van der Waals surface area (Å²) in [6.45, 7) is 3.11. The van der Waals surface area contributed by atoms with Gasteiger partial charge in [0, 0.05) is 54.8 Å². The Labute approximate surface area is 196 Å². The molecular weight excluding hydrogens is 426 g/mol. The lowest BCUT2D eigenvalue weighted by molar-refractivity contribution is 0.604. The Kier molecular flexibility index (Phi) is 5.05. The monoisotopic (exact) mass is 451 g/mol. The highest BCUT2D eigenvalue weighted by Crippen LogP contribution is 2.36. The maximum atomic E-state index is 13.4. The second-order valence-corrected chi connectivity index (χ2v) is 8.87. The van der Waals surface area contributed by atoms with Crippen molar-refractivity contribution in [3.63, 3.8) is 0 Å². The highest BCUT2D eigenvalue weighted by molar-refractivity contribution is 5.75. The van der Waals surface area contributed by atoms with E-state index in [0.29, 0.717) is 12.6 Å². The molecule has 0 atom stereocenters. The molecule has 8 nitrogen and oxygen atoms in total. The predicted octanol–water partition coefficient (Wildman–Crippen LogP) is 3.79. The lowest BCUT2D eigenvalue weighted by Crippen LogP contribution is -2.25. The van der Waals surface area contributed by atoms with Gasteiger partial charge in [0.05, 0.1) is 29.5 Å². The predicted molar refractivity (Wildman–Crippen MR) is 130 cm³/mol. The molecule has 8 heteroatoms. The molecule has 6 rings (SSSR count). The van der Waals surface area contributed by atoms with Crippen molar-refractivity contribution in [3.8, 4) is 11.3 Å². The summed E-state index contributed by atoms with van der Waals surface area (Å²) in [5, 5.41) is 0. The molecule has 1 aliphatic carbocycles. The third kappa shape index (κ3) is 3.81. The van der Waals surface area contributed by atoms with E-state index in [2.05, 4.69) is 31.8 Å². The first-order valence-electron chi connectivity index (χ1n) is 11.6. The first-order chi connectivity index (χ1) is 16.7. The highest BCUT2D eigenvalue weighted by Gasteiger charge is 2.29. The lowest BCUT2D eigenvalue weighted by Gasteiger charge is -2.09. The van der Waals surface area contributed by atoms with Crippen LogP contribution < -0.4 is 5.69 Å². The number of imidazole rings is 2. The minimum atomic E-state index is 0.00529. The Morgan fingerprint density at radius 3 is 2.65 bits per heavy atom. The van der Waals surface area contributed by atoms with Gasteiger partial charge < -0.3 is 4.57 Å². The van der Waals surface area contributed by atoms with E-state index in [1.165, 1.54) is 5.56 Å². The van der Waals surface area contributed by atoms with Gasteiger partial charge in [-0.15, -0.1) is 0 Å². The van der Waals surface area contributed by atoms with Crippen molar-refractivity contribution < 1.29 is 0 Å². The van der Waals surface area contributed by atoms with Crippen LogP contribution >= 0.6 is 0 Å². The molecule has 1 aliphatic rings. The van der Waals surface area contributed by atoms with E-state index >= 15 is 0 Å². The zero-order chi connectivity index (χ0) is 23.1. The van der Waals surface area contributed by atoms with Crippen LogP contribution in [0.1, 0.15) is 36.0 Å². The minimum Gasteiger partial charge on any atom is -0.332 e. The Bertz CT molecular complexity index is 1510. The molecule has 5 aromatic heterocycles. The molecule has 0 radical (unpaired) electrons. The number of aromatic nitrogens is 7. The number of fused-ring (bicyclic) bond motifs is 1. The van der Waals surface area contributed by atoms with Crippen molar-refractivity contribution in [2.75, 3.05) is 0 Å². The van der Waals surface area contributed by atoms with Gasteiger partial charge in [-0.3, -0.25) is 24.1 Å². The molecule has 0 aliphatic heterocycles. The van der Waals surface area contributed by atoms with Crippen LogP contribution in [0.2, 0.25) is 0 Å². The summed E-state index contributed by atoms with van der Waals surface area (Å²) in [4.78, 5) is 31.3. The summed E-state index contributed by atoms with van der Waals surface area (Å²) >= 11 is 0. The third-order valence-electron chi connectivity index (χ3n) is 6.41. The largest absolute Gasteiger partial charge is 0.332 e. The van der Waals surface area contributed by atoms with Crippen molar-refractivity contribution in [1.29, 1.82) is 0 Å². The number of pyridine rings is 3. The molecule has 0 bridgehead atoms. The fourth-order valence-corrected chi connectivity index (χ4v) is 4.43. The van der Waals surface area contributed by atoms with Crippen LogP contribution in [0.4, 0.5) is 0 Å². The van der Waals surface area contributed by atoms with E-state index in [0.717, 1.165) is 59.6 Å². The number of hydrogen-bond acceptors (Lipinski definition) is 5. The van der Waals surface area contributed by atoms with E-state index in [-0.39, 0.29) is 5.69 Å². The topological polar surface area (TPSA) is 83.4 Å². The molecule has 1 saturated carbocycles. The molecule has 0 unspecified atom stereocenters. The Hall–Kier alpha value is -4.07. The van der Waals surface area contributed by atoms with Gasteiger partial charge in [-0.05, 0) is 56.0 Å². The molecule has 0 spiro atoms. The molecule has 5 heterocycles. The summed E-state index contributed by atoms with van der Waals surface area (Å²) in [6, 6.07) is 10.3. The maximum Gasteiger partial charge on any atom is 0.329 e. The van der Waals surface area contributed by atoms with Gasteiger partial charge >= 0.3 is 5.69 Å². The van der Waals surface area contributed by atoms with Crippen molar-refractivity contribution in [2.45, 2.75) is 45.3 Å². The van der Waals surface area contributed by atoms with Crippen LogP contribution in [0.5, 0.6) is 0 Å². The van der Waals surface area contributed by atoms with E-state index in [1.807, 2.05) is 48.1 Å². The second kappa shape index (κ2) is 8.37. The van der Waals surface area contributed by atoms with Crippen LogP contribution in [0.25, 0.3) is 22.3 Å². The zero-order valence-corrected chi connectivity index (χ0v) is 19.0. The van der Waals surface area contributed by atoms with Gasteiger partial charge in [0.1, 0.15) is 5.82 Å². The average molecular weight is 452 g/mol. The van der Waals surface area contributed by atoms with Crippen molar-refractivity contribution in [1.82, 2.24) is 33.6 Å². The first kappa shape index (κ1) is 20.5. The average Bonchev–Trinajstić information content (AvgIpc) is 3.56. The summed E-state index contributed by atoms with van der Waals surface area (Å²) < 4.78 is 5.87. The van der Waals surface area contributed by atoms with Crippen molar-refractivity contribution in [2.24, 2.45) is 0 Å². The molecule has 1 fully saturated rings. The van der Waals surface area contributed by atoms with Gasteiger partial charge in [0.25, 0.3) is 0 Å². The Balaban J connectivity index is 1.39. The number of rotatable bonds is 7. The summed E-state index contributed by atoms with van der Waals surface area (Å²) in [5.41, 5.74) is 5.77. The van der Waals surface area contributed by atoms with Crippen LogP contribution in [0, 0.1) is 6.92 Å². The van der Waals surface area contributed by atoms with Crippen LogP contribution in [-0.2, 0) is 19.5 Å². The number of aryl methyl sites for hydroxylation is 3. The van der Waals surface area contributed by atoms with E-state index in [4.69, 9.17) is 4.98 Å². The van der Waals surface area contributed by atoms with Gasteiger partial charge in [-0.2, -0.15) is 0 Å². The maximum absolute atomic E-state index is 13.4. The molecule has 170 valence electrons. The number of nitrogens with zero attached hydrogens (tertiary/aromatic N) is 7. The number of hydrogen-bond donors (Lipinski definition) is 0. The van der Waals surface area contributed by atoms with Crippen molar-refractivity contribution in [3.05, 3.63) is 95.1 Å². The zero-order valence-electron chi connectivity index (χ0n) is 19.0. The first-order valence-corrected chi connectivity index (χ1v) is 11.6. The van der Waals surface area contributed by atoms with Gasteiger partial charge in [0.2, 0.25) is 0 Å². The Morgan fingerprint density at radius 1 is 1.00 bits per heavy atom. The standard InChI is InChI=1S/C26H25N7O/c1-18-4-5-19(13-29-18)9-12-31-16-22(20-3-2-10-27-14-20)30-25(31)17-32-24-15-28-11-8-23(24)33(26(32)34)21-6-7-21/h2-5,8,10-11,13-16,21H,6-7,9,12,17H2,1H3. The van der Waals surface area contributed by atoms with E-state index in [9.17, 15) is 4.79 Å². The Morgan fingerprint density at radius 2 is 1.88 bits per heavy atom. The van der Waals surface area contributed by atoms with Gasteiger partial charge in [0.15, 0.2) is 0 Å². The SMILES string of the molecule is Cc1ccc(CCn2cc(-c3cccnc3)nc2Cn2c(=O)n(C3CC3)c3ccncc32)cn1. The fraction of sp³-hybridized carbons (Fsp3) is 0.269. The summed E-state index contributed by atoms with van der Waals surface area (Å²) in [7, 11) is 0. The second-order valence-electron chi connectivity index (χ2n) is 8.87. The molecule has 0 saturated heterocycles. The third-order valence-corrected chi connectivity index (χ3v) is 6.41. The molecular formula is C26H25N7O. The summed E-state index contributed by atoms with van der Waals surface area (Å²) in [6.07, 6.45) is 14.0. The van der Waals surface area contributed by atoms with E-state index < -0.39 is 0 Å². The normalized spacial score (nSPS) is 13.6. The fourth-order valence-electron chi connectivity index (χ4n) is 4.43. The minimum absolute atomic E-state index is 0.00529. The molecule has 0 N–H and O–H groups in total. The van der Waals surface area contributed by atoms with Gasteiger partial charge in [-0.1, -0.05) is 6.07 Å². The molecule has 0 amide bonds. The van der Waals surface area contributed by atoms with Gasteiger partial charge in [-0.25, -0.2) is 9.78 Å². The molecule has 5 aromatic rings. The quantitative estimate of drug-likeness (QED) is 0.376. The molecule has 0 aromatic carbocycles. The lowest BCUT2D eigenvalue weighted by atomic mass is 10.2. The van der Waals surface area contributed by atoms with Crippen LogP contribution in [0.3, 0.4) is 0 Å². The summed E-state index contributed by atoms with van der Waals surface area (Å²) in [5.74, 6) is 0.833. The van der Waals surface area contributed by atoms with Crippen molar-refractivity contribution >= 4 is 11.0 Å². The highest BCUT2D eigenvalue weighted by atomic mass is 16.1. The van der Waals surface area contributed by atoms with Crippen LogP contribution in [0.15, 0.2) is 72.3 Å². The van der Waals surface area contributed by atoms with Crippen LogP contribution in [-0.4, -0.2) is 33.6 Å². The van der Waals surface area contributed by atoms with E-state index in [1.54, 1.807) is 23.2 Å². The smallest absolute Gasteiger partial charge is 0.329 e. The molecule has 34 heavy (non-hydrogen) atoms.